The lowest BCUT2D eigenvalue weighted by atomic mass is 10.2. The molecule has 0 bridgehead atoms. The Hall–Kier alpha value is -0.970. The van der Waals surface area contributed by atoms with Crippen molar-refractivity contribution in [1.29, 1.82) is 0 Å². The van der Waals surface area contributed by atoms with Crippen molar-refractivity contribution in [2.75, 3.05) is 0 Å². The maximum atomic E-state index is 13.1. The van der Waals surface area contributed by atoms with Gasteiger partial charge in [-0.1, -0.05) is 11.6 Å². The summed E-state index contributed by atoms with van der Waals surface area (Å²) in [6, 6.07) is 5.37. The van der Waals surface area contributed by atoms with Crippen LogP contribution in [0.5, 0.6) is 0 Å². The summed E-state index contributed by atoms with van der Waals surface area (Å²) in [5, 5.41) is 6.59. The zero-order chi connectivity index (χ0) is 12.5. The molecule has 0 amide bonds. The number of thiazole rings is 1. The lowest BCUT2D eigenvalue weighted by Gasteiger charge is -1.99. The van der Waals surface area contributed by atoms with Gasteiger partial charge in [-0.15, -0.1) is 11.3 Å². The zero-order valence-electron chi connectivity index (χ0n) is 9.62. The van der Waals surface area contributed by atoms with Crippen molar-refractivity contribution in [3.63, 3.8) is 0 Å². The van der Waals surface area contributed by atoms with Crippen molar-refractivity contribution in [2.24, 2.45) is 0 Å². The molecular formula is C13H12ClFN2S. The minimum atomic E-state index is -0.397. The second-order valence-electron chi connectivity index (χ2n) is 4.41. The molecule has 3 rings (SSSR count). The molecule has 0 aliphatic heterocycles. The van der Waals surface area contributed by atoms with Gasteiger partial charge in [0.1, 0.15) is 10.8 Å². The Morgan fingerprint density at radius 3 is 3.00 bits per heavy atom. The molecule has 0 radical (unpaired) electrons. The maximum absolute atomic E-state index is 13.1. The molecule has 0 unspecified atom stereocenters. The Bertz CT molecular complexity index is 566. The van der Waals surface area contributed by atoms with Crippen molar-refractivity contribution in [1.82, 2.24) is 10.3 Å². The van der Waals surface area contributed by atoms with Gasteiger partial charge < -0.3 is 5.32 Å². The molecular weight excluding hydrogens is 271 g/mol. The summed E-state index contributed by atoms with van der Waals surface area (Å²) in [4.78, 5) is 4.53. The predicted molar refractivity (Wildman–Crippen MR) is 72.4 cm³/mol. The van der Waals surface area contributed by atoms with Gasteiger partial charge in [0.2, 0.25) is 0 Å². The largest absolute Gasteiger partial charge is 0.308 e. The fourth-order valence-corrected chi connectivity index (χ4v) is 2.63. The smallest absolute Gasteiger partial charge is 0.141 e. The molecule has 1 N–H and O–H groups in total. The lowest BCUT2D eigenvalue weighted by molar-refractivity contribution is 0.628. The summed E-state index contributed by atoms with van der Waals surface area (Å²) >= 11 is 7.38. The number of hydrogen-bond donors (Lipinski definition) is 1. The highest BCUT2D eigenvalue weighted by atomic mass is 35.5. The molecule has 1 heterocycles. The molecule has 1 aromatic heterocycles. The van der Waals surface area contributed by atoms with Crippen LogP contribution in [0.3, 0.4) is 0 Å². The molecule has 1 fully saturated rings. The SMILES string of the molecule is Fc1ccc(-c2csc(CNC3CC3)n2)cc1Cl. The quantitative estimate of drug-likeness (QED) is 0.921. The molecule has 1 aliphatic carbocycles. The van der Waals surface area contributed by atoms with E-state index in [1.54, 1.807) is 23.5 Å². The maximum Gasteiger partial charge on any atom is 0.141 e. The minimum absolute atomic E-state index is 0.137. The van der Waals surface area contributed by atoms with E-state index in [2.05, 4.69) is 10.3 Å². The molecule has 0 spiro atoms. The molecule has 0 atom stereocenters. The van der Waals surface area contributed by atoms with Crippen molar-refractivity contribution < 1.29 is 4.39 Å². The first-order valence-electron chi connectivity index (χ1n) is 5.85. The Morgan fingerprint density at radius 2 is 2.28 bits per heavy atom. The highest BCUT2D eigenvalue weighted by Gasteiger charge is 2.20. The third-order valence-corrected chi connectivity index (χ3v) is 4.02. The number of rotatable bonds is 4. The molecule has 18 heavy (non-hydrogen) atoms. The van der Waals surface area contributed by atoms with Crippen LogP contribution in [0.4, 0.5) is 4.39 Å². The van der Waals surface area contributed by atoms with E-state index in [4.69, 9.17) is 11.6 Å². The van der Waals surface area contributed by atoms with E-state index in [1.165, 1.54) is 18.9 Å². The van der Waals surface area contributed by atoms with E-state index >= 15 is 0 Å². The Morgan fingerprint density at radius 1 is 1.44 bits per heavy atom. The molecule has 1 aliphatic rings. The standard InChI is InChI=1S/C13H12ClFN2S/c14-10-5-8(1-4-11(10)15)12-7-18-13(17-12)6-16-9-2-3-9/h1,4-5,7,9,16H,2-3,6H2. The average Bonchev–Trinajstić information content (AvgIpc) is 3.08. The van der Waals surface area contributed by atoms with Gasteiger partial charge in [0.15, 0.2) is 0 Å². The predicted octanol–water partition coefficient (Wildman–Crippen LogP) is 3.85. The molecule has 5 heteroatoms. The Labute approximate surface area is 114 Å². The zero-order valence-corrected chi connectivity index (χ0v) is 11.2. The molecule has 0 saturated heterocycles. The molecule has 1 saturated carbocycles. The monoisotopic (exact) mass is 282 g/mol. The highest BCUT2D eigenvalue weighted by Crippen LogP contribution is 2.26. The Balaban J connectivity index is 1.76. The van der Waals surface area contributed by atoms with E-state index in [1.807, 2.05) is 5.38 Å². The summed E-state index contributed by atoms with van der Waals surface area (Å²) in [5.41, 5.74) is 1.71. The van der Waals surface area contributed by atoms with Crippen molar-refractivity contribution in [2.45, 2.75) is 25.4 Å². The van der Waals surface area contributed by atoms with E-state index in [-0.39, 0.29) is 5.02 Å². The van der Waals surface area contributed by atoms with Gasteiger partial charge in [-0.25, -0.2) is 9.37 Å². The van der Waals surface area contributed by atoms with Crippen LogP contribution in [0.25, 0.3) is 11.3 Å². The average molecular weight is 283 g/mol. The van der Waals surface area contributed by atoms with Crippen LogP contribution in [0.2, 0.25) is 5.02 Å². The van der Waals surface area contributed by atoms with Crippen molar-refractivity contribution >= 4 is 22.9 Å². The number of nitrogens with one attached hydrogen (secondary N) is 1. The van der Waals surface area contributed by atoms with Gasteiger partial charge in [-0.3, -0.25) is 0 Å². The first-order valence-corrected chi connectivity index (χ1v) is 7.11. The molecule has 1 aromatic carbocycles. The summed E-state index contributed by atoms with van der Waals surface area (Å²) < 4.78 is 13.1. The number of aromatic nitrogens is 1. The summed E-state index contributed by atoms with van der Waals surface area (Å²) in [7, 11) is 0. The minimum Gasteiger partial charge on any atom is -0.308 e. The van der Waals surface area contributed by atoms with Crippen LogP contribution in [-0.4, -0.2) is 11.0 Å². The van der Waals surface area contributed by atoms with Crippen LogP contribution in [-0.2, 0) is 6.54 Å². The summed E-state index contributed by atoms with van der Waals surface area (Å²) in [5.74, 6) is -0.397. The molecule has 2 aromatic rings. The van der Waals surface area contributed by atoms with Gasteiger partial charge in [-0.05, 0) is 31.0 Å². The second-order valence-corrected chi connectivity index (χ2v) is 5.76. The van der Waals surface area contributed by atoms with Gasteiger partial charge in [0.05, 0.1) is 10.7 Å². The molecule has 2 nitrogen and oxygen atoms in total. The summed E-state index contributed by atoms with van der Waals surface area (Å²) in [6.45, 7) is 0.810. The Kier molecular flexibility index (Phi) is 3.33. The fraction of sp³-hybridized carbons (Fsp3) is 0.308. The van der Waals surface area contributed by atoms with Gasteiger partial charge in [0, 0.05) is 23.5 Å². The third-order valence-electron chi connectivity index (χ3n) is 2.89. The number of benzene rings is 1. The first-order chi connectivity index (χ1) is 8.72. The third kappa shape index (κ3) is 2.71. The van der Waals surface area contributed by atoms with Gasteiger partial charge >= 0.3 is 0 Å². The van der Waals surface area contributed by atoms with Crippen molar-refractivity contribution in [3.8, 4) is 11.3 Å². The van der Waals surface area contributed by atoms with Crippen LogP contribution < -0.4 is 5.32 Å². The normalized spacial score (nSPS) is 15.0. The number of hydrogen-bond acceptors (Lipinski definition) is 3. The second kappa shape index (κ2) is 4.96. The number of nitrogens with zero attached hydrogens (tertiary/aromatic N) is 1. The highest BCUT2D eigenvalue weighted by molar-refractivity contribution is 7.09. The number of halogens is 2. The van der Waals surface area contributed by atoms with Crippen LogP contribution >= 0.6 is 22.9 Å². The fourth-order valence-electron chi connectivity index (χ4n) is 1.70. The first kappa shape index (κ1) is 12.1. The van der Waals surface area contributed by atoms with Gasteiger partial charge in [-0.2, -0.15) is 0 Å². The van der Waals surface area contributed by atoms with Crippen LogP contribution in [0.15, 0.2) is 23.6 Å². The van der Waals surface area contributed by atoms with Crippen molar-refractivity contribution in [3.05, 3.63) is 39.4 Å². The van der Waals surface area contributed by atoms with Crippen LogP contribution in [0.1, 0.15) is 17.8 Å². The van der Waals surface area contributed by atoms with E-state index in [0.717, 1.165) is 22.8 Å². The van der Waals surface area contributed by atoms with Gasteiger partial charge in [0.25, 0.3) is 0 Å². The molecule has 94 valence electrons. The summed E-state index contributed by atoms with van der Waals surface area (Å²) in [6.07, 6.45) is 2.54. The van der Waals surface area contributed by atoms with E-state index in [0.29, 0.717) is 6.04 Å². The van der Waals surface area contributed by atoms with E-state index in [9.17, 15) is 4.39 Å². The van der Waals surface area contributed by atoms with Crippen LogP contribution in [0, 0.1) is 5.82 Å². The topological polar surface area (TPSA) is 24.9 Å². The van der Waals surface area contributed by atoms with E-state index < -0.39 is 5.82 Å². The lowest BCUT2D eigenvalue weighted by Crippen LogP contribution is -2.14.